The molecule has 25 heavy (non-hydrogen) atoms. The Bertz CT molecular complexity index is 894. The fourth-order valence-corrected chi connectivity index (χ4v) is 3.45. The molecule has 4 rings (SSSR count). The summed E-state index contributed by atoms with van der Waals surface area (Å²) in [6.45, 7) is 1.21. The molecule has 0 radical (unpaired) electrons. The first kappa shape index (κ1) is 16.4. The van der Waals surface area contributed by atoms with Gasteiger partial charge in [-0.25, -0.2) is 4.98 Å². The Morgan fingerprint density at radius 3 is 3.04 bits per heavy atom. The zero-order valence-corrected chi connectivity index (χ0v) is 15.0. The quantitative estimate of drug-likeness (QED) is 0.663. The van der Waals surface area contributed by atoms with E-state index in [0.29, 0.717) is 30.1 Å². The third-order valence-corrected chi connectivity index (χ3v) is 4.70. The van der Waals surface area contributed by atoms with Crippen LogP contribution in [0, 0.1) is 6.08 Å². The largest absolute Gasteiger partial charge is 0.364 e. The zero-order chi connectivity index (χ0) is 17.2. The number of nitrogens with one attached hydrogen (secondary N) is 1. The minimum absolute atomic E-state index is 0.147. The molecule has 1 aromatic carbocycles. The molecule has 1 N–H and O–H groups in total. The number of halogens is 2. The number of aromatic nitrogens is 4. The topological polar surface area (TPSA) is 64.9 Å². The van der Waals surface area contributed by atoms with Gasteiger partial charge in [0.05, 0.1) is 6.33 Å². The molecule has 6 nitrogen and oxygen atoms in total. The molecule has 8 heteroatoms. The minimum atomic E-state index is -0.776. The highest BCUT2D eigenvalue weighted by Gasteiger charge is 2.21. The molecule has 1 atom stereocenters. The molecule has 1 fully saturated rings. The van der Waals surface area contributed by atoms with Gasteiger partial charge < -0.3 is 10.1 Å². The van der Waals surface area contributed by atoms with E-state index in [-0.39, 0.29) is 6.23 Å². The molecule has 1 unspecified atom stereocenters. The highest BCUT2D eigenvalue weighted by Crippen LogP contribution is 2.28. The second-order valence-electron chi connectivity index (χ2n) is 5.97. The van der Waals surface area contributed by atoms with Crippen LogP contribution in [0.15, 0.2) is 35.1 Å². The minimum Gasteiger partial charge on any atom is -0.364 e. The molecule has 0 spiro atoms. The highest BCUT2D eigenvalue weighted by atomic mass is 79.9. The Balaban J connectivity index is 1.63. The van der Waals surface area contributed by atoms with E-state index in [1.54, 1.807) is 10.9 Å². The van der Waals surface area contributed by atoms with Gasteiger partial charge in [0.15, 0.2) is 17.0 Å². The standard InChI is InChI=1S/C17H17BrFN5O/c18-12-5-3-4-11(8-12)9-20-15-14-16(23-17(19)22-15)24(10-21-14)13-6-1-2-7-25-13/h3-5,8,10,13H,1-2,6-7,9H2,(H,20,22,23). The van der Waals surface area contributed by atoms with Gasteiger partial charge in [0.25, 0.3) is 0 Å². The van der Waals surface area contributed by atoms with E-state index in [0.717, 1.165) is 29.3 Å². The van der Waals surface area contributed by atoms with Crippen molar-refractivity contribution in [1.29, 1.82) is 0 Å². The number of hydrogen-bond donors (Lipinski definition) is 1. The van der Waals surface area contributed by atoms with Gasteiger partial charge in [-0.05, 0) is 37.0 Å². The van der Waals surface area contributed by atoms with Gasteiger partial charge in [-0.2, -0.15) is 14.4 Å². The number of benzene rings is 1. The number of anilines is 1. The van der Waals surface area contributed by atoms with Crippen molar-refractivity contribution in [2.24, 2.45) is 0 Å². The molecule has 3 aromatic rings. The van der Waals surface area contributed by atoms with E-state index < -0.39 is 6.08 Å². The lowest BCUT2D eigenvalue weighted by atomic mass is 10.2. The first-order chi connectivity index (χ1) is 12.2. The van der Waals surface area contributed by atoms with Crippen LogP contribution >= 0.6 is 15.9 Å². The van der Waals surface area contributed by atoms with Crippen LogP contribution in [0.2, 0.25) is 0 Å². The highest BCUT2D eigenvalue weighted by molar-refractivity contribution is 9.10. The van der Waals surface area contributed by atoms with Crippen LogP contribution in [-0.2, 0) is 11.3 Å². The van der Waals surface area contributed by atoms with E-state index in [9.17, 15) is 4.39 Å². The lowest BCUT2D eigenvalue weighted by Gasteiger charge is -2.23. The van der Waals surface area contributed by atoms with Crippen molar-refractivity contribution in [2.75, 3.05) is 11.9 Å². The van der Waals surface area contributed by atoms with Crippen molar-refractivity contribution < 1.29 is 9.13 Å². The molecule has 1 aliphatic heterocycles. The molecular weight excluding hydrogens is 389 g/mol. The van der Waals surface area contributed by atoms with Crippen LogP contribution in [0.25, 0.3) is 11.2 Å². The summed E-state index contributed by atoms with van der Waals surface area (Å²) in [5.74, 6) is 0.386. The number of ether oxygens (including phenoxy) is 1. The number of hydrogen-bond acceptors (Lipinski definition) is 5. The van der Waals surface area contributed by atoms with Crippen LogP contribution in [0.3, 0.4) is 0 Å². The summed E-state index contributed by atoms with van der Waals surface area (Å²) < 4.78 is 22.5. The lowest BCUT2D eigenvalue weighted by molar-refractivity contribution is -0.0298. The number of rotatable bonds is 4. The molecule has 2 aromatic heterocycles. The summed E-state index contributed by atoms with van der Waals surface area (Å²) in [4.78, 5) is 12.2. The van der Waals surface area contributed by atoms with E-state index in [1.807, 2.05) is 24.3 Å². The summed E-state index contributed by atoms with van der Waals surface area (Å²) in [6, 6.07) is 7.89. The first-order valence-corrected chi connectivity index (χ1v) is 9.00. The Labute approximate surface area is 152 Å². The van der Waals surface area contributed by atoms with Gasteiger partial charge in [-0.15, -0.1) is 0 Å². The molecule has 0 aliphatic carbocycles. The van der Waals surface area contributed by atoms with Gasteiger partial charge in [0.1, 0.15) is 6.23 Å². The van der Waals surface area contributed by atoms with E-state index >= 15 is 0 Å². The number of fused-ring (bicyclic) bond motifs is 1. The first-order valence-electron chi connectivity index (χ1n) is 8.21. The molecule has 1 aliphatic rings. The number of nitrogens with zero attached hydrogens (tertiary/aromatic N) is 4. The molecule has 1 saturated heterocycles. The predicted molar refractivity (Wildman–Crippen MR) is 95.6 cm³/mol. The maximum Gasteiger partial charge on any atom is 0.312 e. The average molecular weight is 406 g/mol. The van der Waals surface area contributed by atoms with Crippen molar-refractivity contribution in [3.63, 3.8) is 0 Å². The van der Waals surface area contributed by atoms with Crippen molar-refractivity contribution in [3.05, 3.63) is 46.7 Å². The smallest absolute Gasteiger partial charge is 0.312 e. The maximum atomic E-state index is 14.0. The third kappa shape index (κ3) is 3.50. The van der Waals surface area contributed by atoms with Gasteiger partial charge in [0.2, 0.25) is 0 Å². The van der Waals surface area contributed by atoms with Gasteiger partial charge in [-0.1, -0.05) is 28.1 Å². The van der Waals surface area contributed by atoms with Crippen LogP contribution in [0.1, 0.15) is 31.1 Å². The summed E-state index contributed by atoms with van der Waals surface area (Å²) >= 11 is 3.44. The molecule has 0 saturated carbocycles. The van der Waals surface area contributed by atoms with E-state index in [1.165, 1.54) is 0 Å². The molecule has 0 bridgehead atoms. The Morgan fingerprint density at radius 2 is 2.24 bits per heavy atom. The molecular formula is C17H17BrFN5O. The monoisotopic (exact) mass is 405 g/mol. The fraction of sp³-hybridized carbons (Fsp3) is 0.353. The Hall–Kier alpha value is -2.06. The van der Waals surface area contributed by atoms with Crippen LogP contribution in [-0.4, -0.2) is 26.1 Å². The Morgan fingerprint density at radius 1 is 1.32 bits per heavy atom. The summed E-state index contributed by atoms with van der Waals surface area (Å²) in [7, 11) is 0. The van der Waals surface area contributed by atoms with Gasteiger partial charge in [0, 0.05) is 17.6 Å². The van der Waals surface area contributed by atoms with E-state index in [4.69, 9.17) is 4.74 Å². The molecule has 130 valence electrons. The molecule has 0 amide bonds. The van der Waals surface area contributed by atoms with E-state index in [2.05, 4.69) is 36.2 Å². The Kier molecular flexibility index (Phi) is 4.63. The zero-order valence-electron chi connectivity index (χ0n) is 13.5. The van der Waals surface area contributed by atoms with Crippen LogP contribution < -0.4 is 5.32 Å². The van der Waals surface area contributed by atoms with Crippen LogP contribution in [0.5, 0.6) is 0 Å². The van der Waals surface area contributed by atoms with Gasteiger partial charge in [-0.3, -0.25) is 4.57 Å². The SMILES string of the molecule is Fc1nc(NCc2cccc(Br)c2)c2ncn(C3CCCCO3)c2n1. The summed E-state index contributed by atoms with van der Waals surface area (Å²) in [6.07, 6.45) is 3.72. The van der Waals surface area contributed by atoms with Crippen molar-refractivity contribution in [2.45, 2.75) is 32.0 Å². The normalized spacial score (nSPS) is 17.8. The third-order valence-electron chi connectivity index (χ3n) is 4.21. The van der Waals surface area contributed by atoms with Gasteiger partial charge >= 0.3 is 6.08 Å². The predicted octanol–water partition coefficient (Wildman–Crippen LogP) is 4.04. The second kappa shape index (κ2) is 7.05. The van der Waals surface area contributed by atoms with Crippen molar-refractivity contribution in [1.82, 2.24) is 19.5 Å². The van der Waals surface area contributed by atoms with Crippen molar-refractivity contribution in [3.8, 4) is 0 Å². The maximum absolute atomic E-state index is 14.0. The van der Waals surface area contributed by atoms with Crippen molar-refractivity contribution >= 4 is 32.9 Å². The summed E-state index contributed by atoms with van der Waals surface area (Å²) in [5, 5.41) is 3.16. The van der Waals surface area contributed by atoms with Crippen LogP contribution in [0.4, 0.5) is 10.2 Å². The molecule has 3 heterocycles. The second-order valence-corrected chi connectivity index (χ2v) is 6.89. The summed E-state index contributed by atoms with van der Waals surface area (Å²) in [5.41, 5.74) is 2.05. The average Bonchev–Trinajstić information content (AvgIpc) is 3.04. The fourth-order valence-electron chi connectivity index (χ4n) is 3.00. The lowest BCUT2D eigenvalue weighted by Crippen LogP contribution is -2.18. The number of imidazole rings is 1.